The van der Waals surface area contributed by atoms with Crippen LogP contribution in [0.3, 0.4) is 0 Å². The molecule has 0 fully saturated rings. The van der Waals surface area contributed by atoms with E-state index in [0.29, 0.717) is 17.4 Å². The molecule has 1 aromatic rings. The first-order valence-corrected chi connectivity index (χ1v) is 6.95. The van der Waals surface area contributed by atoms with Crippen molar-refractivity contribution in [3.05, 3.63) is 46.5 Å². The number of carboxylic acids is 1. The van der Waals surface area contributed by atoms with Crippen molar-refractivity contribution in [2.24, 2.45) is 0 Å². The molecule has 0 saturated carbocycles. The first-order chi connectivity index (χ1) is 9.49. The Labute approximate surface area is 125 Å². The fourth-order valence-electron chi connectivity index (χ4n) is 2.23. The molecule has 5 nitrogen and oxygen atoms in total. The molecule has 1 unspecified atom stereocenters. The van der Waals surface area contributed by atoms with Crippen LogP contribution in [0, 0.1) is 0 Å². The normalized spacial score (nSPS) is 17.2. The van der Waals surface area contributed by atoms with Crippen molar-refractivity contribution in [3.8, 4) is 0 Å². The highest BCUT2D eigenvalue weighted by Crippen LogP contribution is 2.23. The molecule has 0 aromatic heterocycles. The minimum atomic E-state index is -0.993. The zero-order valence-corrected chi connectivity index (χ0v) is 12.4. The molecule has 0 saturated heterocycles. The van der Waals surface area contributed by atoms with Gasteiger partial charge in [-0.3, -0.25) is 0 Å². The van der Waals surface area contributed by atoms with Gasteiger partial charge in [0.2, 0.25) is 0 Å². The number of amides is 2. The topological polar surface area (TPSA) is 69.6 Å². The van der Waals surface area contributed by atoms with Gasteiger partial charge in [0.05, 0.1) is 6.54 Å². The fraction of sp³-hybridized carbons (Fsp3) is 0.286. The molecule has 1 aromatic carbocycles. The predicted octanol–water partition coefficient (Wildman–Crippen LogP) is 2.12. The summed E-state index contributed by atoms with van der Waals surface area (Å²) in [6, 6.07) is 6.34. The molecule has 0 aliphatic carbocycles. The van der Waals surface area contributed by atoms with Crippen LogP contribution in [0.1, 0.15) is 11.1 Å². The lowest BCUT2D eigenvalue weighted by atomic mass is 9.94. The van der Waals surface area contributed by atoms with E-state index in [2.05, 4.69) is 27.8 Å². The standard InChI is InChI=1S/C14H15BrN2O3/c1-9(15)7-16-14(20)17-8-11-5-3-2-4-10(11)6-12(17)13(18)19/h2-5,12H,1,6-8H2,(H,16,20)(H,18,19). The first kappa shape index (κ1) is 14.6. The van der Waals surface area contributed by atoms with Crippen LogP contribution < -0.4 is 5.32 Å². The third-order valence-corrected chi connectivity index (χ3v) is 3.51. The molecule has 20 heavy (non-hydrogen) atoms. The first-order valence-electron chi connectivity index (χ1n) is 6.16. The van der Waals surface area contributed by atoms with E-state index < -0.39 is 18.0 Å². The van der Waals surface area contributed by atoms with E-state index >= 15 is 0 Å². The van der Waals surface area contributed by atoms with Gasteiger partial charge in [-0.25, -0.2) is 9.59 Å². The van der Waals surface area contributed by atoms with E-state index in [1.54, 1.807) is 0 Å². The number of aliphatic carboxylic acids is 1. The highest BCUT2D eigenvalue weighted by atomic mass is 79.9. The lowest BCUT2D eigenvalue weighted by Crippen LogP contribution is -2.52. The number of urea groups is 1. The molecular weight excluding hydrogens is 324 g/mol. The van der Waals surface area contributed by atoms with E-state index in [9.17, 15) is 14.7 Å². The molecule has 2 N–H and O–H groups in total. The summed E-state index contributed by atoms with van der Waals surface area (Å²) in [5.41, 5.74) is 1.96. The molecule has 106 valence electrons. The molecule has 0 bridgehead atoms. The van der Waals surface area contributed by atoms with Crippen molar-refractivity contribution < 1.29 is 14.7 Å². The van der Waals surface area contributed by atoms with Gasteiger partial charge in [-0.15, -0.1) is 0 Å². The summed E-state index contributed by atoms with van der Waals surface area (Å²) in [6.45, 7) is 4.20. The van der Waals surface area contributed by atoms with E-state index in [0.717, 1.165) is 11.1 Å². The maximum absolute atomic E-state index is 12.1. The smallest absolute Gasteiger partial charge is 0.326 e. The number of hydrogen-bond acceptors (Lipinski definition) is 2. The second-order valence-electron chi connectivity index (χ2n) is 4.63. The summed E-state index contributed by atoms with van der Waals surface area (Å²) in [5.74, 6) is -0.993. The zero-order chi connectivity index (χ0) is 14.7. The van der Waals surface area contributed by atoms with Crippen LogP contribution in [0.5, 0.6) is 0 Å². The van der Waals surface area contributed by atoms with Crippen molar-refractivity contribution >= 4 is 27.9 Å². The number of nitrogens with one attached hydrogen (secondary N) is 1. The van der Waals surface area contributed by atoms with Crippen molar-refractivity contribution in [3.63, 3.8) is 0 Å². The van der Waals surface area contributed by atoms with Gasteiger partial charge in [-0.2, -0.15) is 0 Å². The van der Waals surface area contributed by atoms with Crippen molar-refractivity contribution in [2.75, 3.05) is 6.54 Å². The van der Waals surface area contributed by atoms with Gasteiger partial charge in [0.25, 0.3) is 0 Å². The highest BCUT2D eigenvalue weighted by Gasteiger charge is 2.34. The number of carboxylic acid groups (broad SMARTS) is 1. The van der Waals surface area contributed by atoms with Crippen molar-refractivity contribution in [1.29, 1.82) is 0 Å². The Morgan fingerprint density at radius 2 is 2.05 bits per heavy atom. The summed E-state index contributed by atoms with van der Waals surface area (Å²) in [4.78, 5) is 24.8. The highest BCUT2D eigenvalue weighted by molar-refractivity contribution is 9.11. The second-order valence-corrected chi connectivity index (χ2v) is 5.75. The Hall–Kier alpha value is -1.82. The van der Waals surface area contributed by atoms with E-state index in [1.807, 2.05) is 24.3 Å². The van der Waals surface area contributed by atoms with Gasteiger partial charge in [-0.1, -0.05) is 46.8 Å². The van der Waals surface area contributed by atoms with Crippen molar-refractivity contribution in [1.82, 2.24) is 10.2 Å². The van der Waals surface area contributed by atoms with Crippen LogP contribution in [-0.2, 0) is 17.8 Å². The molecule has 1 atom stereocenters. The van der Waals surface area contributed by atoms with Gasteiger partial charge in [-0.05, 0) is 11.1 Å². The van der Waals surface area contributed by atoms with Crippen LogP contribution in [0.25, 0.3) is 0 Å². The van der Waals surface area contributed by atoms with E-state index in [1.165, 1.54) is 4.90 Å². The monoisotopic (exact) mass is 338 g/mol. The Kier molecular flexibility index (Phi) is 4.44. The molecule has 0 radical (unpaired) electrons. The molecule has 2 amide bonds. The SMILES string of the molecule is C=C(Br)CNC(=O)N1Cc2ccccc2CC1C(=O)O. The lowest BCUT2D eigenvalue weighted by molar-refractivity contribution is -0.142. The molecule has 0 spiro atoms. The summed E-state index contributed by atoms with van der Waals surface area (Å²) in [5, 5.41) is 12.0. The maximum atomic E-state index is 12.1. The molecule has 1 heterocycles. The fourth-order valence-corrected chi connectivity index (χ4v) is 2.37. The van der Waals surface area contributed by atoms with Crippen LogP contribution >= 0.6 is 15.9 Å². The van der Waals surface area contributed by atoms with E-state index in [4.69, 9.17) is 0 Å². The van der Waals surface area contributed by atoms with Gasteiger partial charge >= 0.3 is 12.0 Å². The third kappa shape index (κ3) is 3.19. The Bertz CT molecular complexity index is 559. The van der Waals surface area contributed by atoms with Crippen LogP contribution in [0.15, 0.2) is 35.3 Å². The number of nitrogens with zero attached hydrogens (tertiary/aromatic N) is 1. The van der Waals surface area contributed by atoms with Crippen molar-refractivity contribution in [2.45, 2.75) is 19.0 Å². The number of hydrogen-bond donors (Lipinski definition) is 2. The van der Waals surface area contributed by atoms with Gasteiger partial charge in [0.1, 0.15) is 6.04 Å². The summed E-state index contributed by atoms with van der Waals surface area (Å²) in [7, 11) is 0. The molecule has 1 aliphatic rings. The maximum Gasteiger partial charge on any atom is 0.326 e. The van der Waals surface area contributed by atoms with Gasteiger partial charge in [0.15, 0.2) is 0 Å². The Morgan fingerprint density at radius 1 is 1.40 bits per heavy atom. The Balaban J connectivity index is 2.20. The number of fused-ring (bicyclic) bond motifs is 1. The minimum Gasteiger partial charge on any atom is -0.480 e. The number of halogens is 1. The average molecular weight is 339 g/mol. The van der Waals surface area contributed by atoms with Crippen LogP contribution in [0.2, 0.25) is 0 Å². The average Bonchev–Trinajstić information content (AvgIpc) is 2.43. The van der Waals surface area contributed by atoms with Crippen LogP contribution in [-0.4, -0.2) is 34.6 Å². The lowest BCUT2D eigenvalue weighted by Gasteiger charge is -2.34. The van der Waals surface area contributed by atoms with Gasteiger partial charge < -0.3 is 15.3 Å². The zero-order valence-electron chi connectivity index (χ0n) is 10.8. The Morgan fingerprint density at radius 3 is 2.65 bits per heavy atom. The predicted molar refractivity (Wildman–Crippen MR) is 78.6 cm³/mol. The number of carbonyl (C=O) groups is 2. The summed E-state index contributed by atoms with van der Waals surface area (Å²) < 4.78 is 0.634. The third-order valence-electron chi connectivity index (χ3n) is 3.23. The largest absolute Gasteiger partial charge is 0.480 e. The molecule has 1 aliphatic heterocycles. The quantitative estimate of drug-likeness (QED) is 0.886. The number of carbonyl (C=O) groups excluding carboxylic acids is 1. The van der Waals surface area contributed by atoms with E-state index in [-0.39, 0.29) is 6.54 Å². The number of benzene rings is 1. The molecule has 2 rings (SSSR count). The van der Waals surface area contributed by atoms with Gasteiger partial charge in [0, 0.05) is 17.4 Å². The molecular formula is C14H15BrN2O3. The minimum absolute atomic E-state index is 0.267. The van der Waals surface area contributed by atoms with Crippen LogP contribution in [0.4, 0.5) is 4.79 Å². The second kappa shape index (κ2) is 6.09. The summed E-state index contributed by atoms with van der Waals surface area (Å²) >= 11 is 3.15. The number of rotatable bonds is 3. The molecule has 6 heteroatoms. The summed E-state index contributed by atoms with van der Waals surface area (Å²) in [6.07, 6.45) is 0.328.